The molecular formula is C35H30BF6N4NaO7S. The number of nitrogens with zero attached hydrogens (tertiary/aromatic N) is 2. The van der Waals surface area contributed by atoms with Crippen molar-refractivity contribution in [1.29, 1.82) is 0 Å². The van der Waals surface area contributed by atoms with Crippen LogP contribution in [0.4, 0.5) is 26.2 Å². The molecule has 1 amide bonds. The Morgan fingerprint density at radius 1 is 0.982 bits per heavy atom. The SMILES string of the molecule is O=C(COc1ccc(/C=C/C2=[N+]3C(C=C2)Cc2ccc(-c4ccc[nH]4)n2[B-]3(F)F)cc1)NCCCCCC(=O)Oc1c(F)c(F)c(S(=O)(=O)[O-])c(F)c1F.[Na+]. The molecule has 0 aliphatic carbocycles. The van der Waals surface area contributed by atoms with Crippen LogP contribution >= 0.6 is 0 Å². The standard InChI is InChI=1S/C35H31BF6N4O7S.Na/c37-30-32(39)35(54(49,50)51)33(40)31(38)34(30)53-29(48)6-2-1-3-17-44-28(47)20-52-25-14-8-21(9-15-25)7-10-22-11-12-23-19-24-13-16-27(26-5-4-18-43-26)46(24)36(41,42)45(22)23;/h4-5,7-16,18,23,43H,1-3,6,17,19-20H2,(H,44,47)(H,49,50,51);/q;+1/p-1/b10-7+;. The van der Waals surface area contributed by atoms with Crippen molar-refractivity contribution in [1.82, 2.24) is 14.8 Å². The zero-order chi connectivity index (χ0) is 38.8. The van der Waals surface area contributed by atoms with Crippen molar-refractivity contribution in [3.05, 3.63) is 107 Å². The predicted octanol–water partition coefficient (Wildman–Crippen LogP) is 2.49. The molecule has 6 rings (SSSR count). The number of halogens is 6. The second-order valence-electron chi connectivity index (χ2n) is 12.4. The molecule has 0 bridgehead atoms. The van der Waals surface area contributed by atoms with Crippen LogP contribution in [0.1, 0.15) is 36.9 Å². The number of ether oxygens (including phenoxy) is 2. The first-order valence-corrected chi connectivity index (χ1v) is 18.0. The number of amides is 1. The first-order chi connectivity index (χ1) is 25.7. The van der Waals surface area contributed by atoms with E-state index in [0.717, 1.165) is 8.96 Å². The summed E-state index contributed by atoms with van der Waals surface area (Å²) < 4.78 is 133. The molecule has 55 heavy (non-hydrogen) atoms. The Kier molecular flexibility index (Phi) is 12.9. The van der Waals surface area contributed by atoms with E-state index in [1.807, 2.05) is 0 Å². The van der Waals surface area contributed by atoms with Crippen LogP contribution in [0.2, 0.25) is 0 Å². The van der Waals surface area contributed by atoms with Gasteiger partial charge in [-0.2, -0.15) is 8.78 Å². The van der Waals surface area contributed by atoms with Gasteiger partial charge in [-0.1, -0.05) is 18.6 Å². The minimum absolute atomic E-state index is 0. The van der Waals surface area contributed by atoms with Crippen LogP contribution in [0.5, 0.6) is 11.5 Å². The molecule has 0 saturated heterocycles. The van der Waals surface area contributed by atoms with E-state index in [4.69, 9.17) is 4.74 Å². The van der Waals surface area contributed by atoms with Crippen LogP contribution in [-0.2, 0) is 26.1 Å². The molecule has 0 saturated carbocycles. The number of aromatic nitrogens is 2. The van der Waals surface area contributed by atoms with Crippen molar-refractivity contribution in [2.45, 2.75) is 43.0 Å². The number of fused-ring (bicyclic) bond motifs is 2. The van der Waals surface area contributed by atoms with Crippen LogP contribution in [0.3, 0.4) is 0 Å². The van der Waals surface area contributed by atoms with Crippen molar-refractivity contribution >= 4 is 40.8 Å². The number of carbonyl (C=O) groups is 2. The number of nitrogens with one attached hydrogen (secondary N) is 2. The van der Waals surface area contributed by atoms with Gasteiger partial charge in [0.05, 0.1) is 5.69 Å². The number of carbonyl (C=O) groups excluding carboxylic acids is 2. The summed E-state index contributed by atoms with van der Waals surface area (Å²) in [6.45, 7) is -4.28. The fourth-order valence-corrected chi connectivity index (χ4v) is 6.91. The molecule has 2 aromatic carbocycles. The fourth-order valence-electron chi connectivity index (χ4n) is 6.29. The minimum Gasteiger partial charge on any atom is -0.744 e. The van der Waals surface area contributed by atoms with Gasteiger partial charge >= 0.3 is 42.5 Å². The molecule has 2 aliphatic heterocycles. The van der Waals surface area contributed by atoms with Gasteiger partial charge in [-0.05, 0) is 72.6 Å². The Balaban J connectivity index is 0.00000580. The van der Waals surface area contributed by atoms with Crippen molar-refractivity contribution in [3.8, 4) is 22.9 Å². The van der Waals surface area contributed by atoms with Gasteiger partial charge in [0.2, 0.25) is 17.4 Å². The smallest absolute Gasteiger partial charge is 0.744 e. The molecule has 0 fully saturated rings. The van der Waals surface area contributed by atoms with Gasteiger partial charge in [0, 0.05) is 43.4 Å². The molecule has 284 valence electrons. The Labute approximate surface area is 332 Å². The van der Waals surface area contributed by atoms with Crippen molar-refractivity contribution in [2.24, 2.45) is 0 Å². The van der Waals surface area contributed by atoms with Gasteiger partial charge in [-0.25, -0.2) is 17.2 Å². The average Bonchev–Trinajstić information content (AvgIpc) is 3.90. The molecule has 2 aliphatic rings. The monoisotopic (exact) mass is 798 g/mol. The molecular weight excluding hydrogens is 768 g/mol. The van der Waals surface area contributed by atoms with E-state index in [1.54, 1.807) is 79.0 Å². The normalized spacial score (nSPS) is 15.8. The maximum absolute atomic E-state index is 16.0. The number of H-pyrrole nitrogens is 1. The van der Waals surface area contributed by atoms with Gasteiger partial charge in [0.1, 0.15) is 26.8 Å². The number of unbranched alkanes of at least 4 members (excludes halogenated alkanes) is 2. The van der Waals surface area contributed by atoms with Gasteiger partial charge in [0.25, 0.3) is 5.91 Å². The van der Waals surface area contributed by atoms with Crippen LogP contribution in [0.25, 0.3) is 17.5 Å². The quantitative estimate of drug-likeness (QED) is 0.0380. The van der Waals surface area contributed by atoms with Gasteiger partial charge in [0.15, 0.2) is 24.0 Å². The summed E-state index contributed by atoms with van der Waals surface area (Å²) in [6, 6.07) is 13.1. The maximum atomic E-state index is 16.0. The van der Waals surface area contributed by atoms with Crippen molar-refractivity contribution < 1.29 is 92.3 Å². The van der Waals surface area contributed by atoms with E-state index in [9.17, 15) is 40.1 Å². The average molecular weight is 799 g/mol. The van der Waals surface area contributed by atoms with Crippen LogP contribution in [-0.4, -0.2) is 70.7 Å². The van der Waals surface area contributed by atoms with E-state index in [1.165, 1.54) is 0 Å². The van der Waals surface area contributed by atoms with E-state index in [0.29, 0.717) is 53.4 Å². The summed E-state index contributed by atoms with van der Waals surface area (Å²) >= 11 is 0. The molecule has 1 atom stereocenters. The van der Waals surface area contributed by atoms with E-state index in [2.05, 4.69) is 15.0 Å². The largest absolute Gasteiger partial charge is 1.00 e. The first kappa shape index (κ1) is 41.6. The second kappa shape index (κ2) is 17.1. The number of aromatic amines is 1. The molecule has 4 heterocycles. The van der Waals surface area contributed by atoms with Crippen LogP contribution < -0.4 is 44.3 Å². The number of esters is 1. The minimum atomic E-state index is -5.91. The van der Waals surface area contributed by atoms with E-state index >= 15 is 8.63 Å². The van der Waals surface area contributed by atoms with E-state index < -0.39 is 75.3 Å². The Morgan fingerprint density at radius 2 is 1.69 bits per heavy atom. The van der Waals surface area contributed by atoms with Crippen molar-refractivity contribution in [2.75, 3.05) is 13.2 Å². The molecule has 11 nitrogen and oxygen atoms in total. The molecule has 2 N–H and O–H groups in total. The van der Waals surface area contributed by atoms with Crippen LogP contribution in [0.15, 0.2) is 77.9 Å². The third-order valence-corrected chi connectivity index (χ3v) is 9.67. The Hall–Kier alpha value is -4.56. The molecule has 1 unspecified atom stereocenters. The summed E-state index contributed by atoms with van der Waals surface area (Å²) in [4.78, 5) is 24.8. The third-order valence-electron chi connectivity index (χ3n) is 8.81. The first-order valence-electron chi connectivity index (χ1n) is 16.6. The zero-order valence-corrected chi connectivity index (χ0v) is 31.9. The van der Waals surface area contributed by atoms with Gasteiger partial charge < -0.3 is 41.9 Å². The third kappa shape index (κ3) is 8.96. The summed E-state index contributed by atoms with van der Waals surface area (Å²) in [5, 5.41) is 2.61. The topological polar surface area (TPSA) is 146 Å². The van der Waals surface area contributed by atoms with Gasteiger partial charge in [-0.15, -0.1) is 0 Å². The Bertz CT molecular complexity index is 2270. The van der Waals surface area contributed by atoms with E-state index in [-0.39, 0.29) is 49.1 Å². The zero-order valence-electron chi connectivity index (χ0n) is 29.0. The number of hydrogen-bond acceptors (Lipinski definition) is 7. The summed E-state index contributed by atoms with van der Waals surface area (Å²) in [6.07, 6.45) is 9.26. The Morgan fingerprint density at radius 3 is 2.35 bits per heavy atom. The molecule has 0 radical (unpaired) electrons. The predicted molar refractivity (Wildman–Crippen MR) is 182 cm³/mol. The number of allylic oxidation sites excluding steroid dienone is 2. The number of benzene rings is 2. The fraction of sp³-hybridized carbons (Fsp3) is 0.229. The molecule has 4 aromatic rings. The molecule has 20 heteroatoms. The van der Waals surface area contributed by atoms with Crippen LogP contribution in [0, 0.1) is 23.3 Å². The molecule has 0 spiro atoms. The number of hydrogen-bond donors (Lipinski definition) is 2. The summed E-state index contributed by atoms with van der Waals surface area (Å²) in [7, 11) is -5.91. The van der Waals surface area contributed by atoms with Crippen molar-refractivity contribution in [3.63, 3.8) is 0 Å². The molecule has 2 aromatic heterocycles. The number of rotatable bonds is 14. The second-order valence-corrected chi connectivity index (χ2v) is 13.7. The summed E-state index contributed by atoms with van der Waals surface area (Å²) in [5.74, 6) is -12.9. The van der Waals surface area contributed by atoms with Gasteiger partial charge in [-0.3, -0.25) is 9.59 Å². The maximum Gasteiger partial charge on any atom is 1.00 e. The summed E-state index contributed by atoms with van der Waals surface area (Å²) in [5.41, 5.74) is 2.68.